The number of aromatic nitrogens is 2. The minimum atomic E-state index is 0.327. The predicted octanol–water partition coefficient (Wildman–Crippen LogP) is 2.14. The van der Waals surface area contributed by atoms with Gasteiger partial charge in [0.05, 0.1) is 0 Å². The van der Waals surface area contributed by atoms with Crippen LogP contribution in [0.3, 0.4) is 0 Å². The molecule has 174 valence electrons. The van der Waals surface area contributed by atoms with Gasteiger partial charge in [0.1, 0.15) is 0 Å². The van der Waals surface area contributed by atoms with Crippen LogP contribution in [0.25, 0.3) is 0 Å². The van der Waals surface area contributed by atoms with Crippen LogP contribution >= 0.6 is 0 Å². The van der Waals surface area contributed by atoms with Gasteiger partial charge in [0.25, 0.3) is 0 Å². The van der Waals surface area contributed by atoms with E-state index in [9.17, 15) is 0 Å². The molecule has 8 heteroatoms. The van der Waals surface area contributed by atoms with E-state index in [2.05, 4.69) is 44.2 Å². The summed E-state index contributed by atoms with van der Waals surface area (Å²) in [6.45, 7) is 13.6. The van der Waals surface area contributed by atoms with Crippen LogP contribution in [0.1, 0.15) is 46.0 Å². The minimum Gasteiger partial charge on any atom is -0.382 e. The van der Waals surface area contributed by atoms with Gasteiger partial charge < -0.3 is 20.3 Å². The summed E-state index contributed by atoms with van der Waals surface area (Å²) in [5.74, 6) is 1.79. The molecule has 0 aromatic carbocycles. The molecule has 2 aliphatic rings. The number of aliphatic imine (C=N–C) groups is 1. The molecule has 2 heterocycles. The summed E-state index contributed by atoms with van der Waals surface area (Å²) >= 11 is 0. The molecule has 2 N–H and O–H groups in total. The zero-order valence-electron chi connectivity index (χ0n) is 19.5. The van der Waals surface area contributed by atoms with Gasteiger partial charge in [-0.05, 0) is 44.6 Å². The molecular formula is C23H41N7O. The average molecular weight is 432 g/mol. The Morgan fingerprint density at radius 3 is 2.52 bits per heavy atom. The van der Waals surface area contributed by atoms with Crippen LogP contribution in [-0.4, -0.2) is 86.4 Å². The number of nitrogens with one attached hydrogen (secondary N) is 2. The smallest absolute Gasteiger partial charge is 0.225 e. The first-order valence-corrected chi connectivity index (χ1v) is 12.1. The molecule has 0 spiro atoms. The third-order valence-electron chi connectivity index (χ3n) is 6.49. The lowest BCUT2D eigenvalue weighted by molar-refractivity contribution is 0.107. The number of piperazine rings is 1. The molecule has 1 aromatic rings. The van der Waals surface area contributed by atoms with Crippen molar-refractivity contribution >= 4 is 11.9 Å². The quantitative estimate of drug-likeness (QED) is 0.316. The van der Waals surface area contributed by atoms with E-state index in [1.807, 2.05) is 18.5 Å². The number of rotatable bonds is 11. The lowest BCUT2D eigenvalue weighted by Gasteiger charge is -2.34. The van der Waals surface area contributed by atoms with E-state index in [-0.39, 0.29) is 0 Å². The molecule has 3 rings (SSSR count). The average Bonchev–Trinajstić information content (AvgIpc) is 3.28. The molecule has 0 bridgehead atoms. The Bertz CT molecular complexity index is 641. The summed E-state index contributed by atoms with van der Waals surface area (Å²) in [4.78, 5) is 18.5. The third kappa shape index (κ3) is 7.61. The molecule has 0 atom stereocenters. The maximum Gasteiger partial charge on any atom is 0.225 e. The fourth-order valence-corrected chi connectivity index (χ4v) is 4.59. The second-order valence-corrected chi connectivity index (χ2v) is 8.65. The molecule has 31 heavy (non-hydrogen) atoms. The Kier molecular flexibility index (Phi) is 9.81. The molecule has 2 fully saturated rings. The minimum absolute atomic E-state index is 0.327. The van der Waals surface area contributed by atoms with Gasteiger partial charge in [-0.2, -0.15) is 0 Å². The van der Waals surface area contributed by atoms with Crippen molar-refractivity contribution in [3.63, 3.8) is 0 Å². The summed E-state index contributed by atoms with van der Waals surface area (Å²) in [5, 5.41) is 6.97. The van der Waals surface area contributed by atoms with Gasteiger partial charge in [0.15, 0.2) is 5.96 Å². The Morgan fingerprint density at radius 2 is 1.84 bits per heavy atom. The fourth-order valence-electron chi connectivity index (χ4n) is 4.59. The van der Waals surface area contributed by atoms with Crippen molar-refractivity contribution < 1.29 is 4.74 Å². The number of anilines is 1. The first kappa shape index (κ1) is 23.7. The molecule has 0 unspecified atom stereocenters. The van der Waals surface area contributed by atoms with Gasteiger partial charge >= 0.3 is 0 Å². The van der Waals surface area contributed by atoms with Crippen LogP contribution < -0.4 is 15.5 Å². The zero-order chi connectivity index (χ0) is 21.8. The highest BCUT2D eigenvalue weighted by Gasteiger charge is 2.33. The van der Waals surface area contributed by atoms with E-state index in [1.54, 1.807) is 0 Å². The molecule has 8 nitrogen and oxygen atoms in total. The lowest BCUT2D eigenvalue weighted by Crippen LogP contribution is -2.49. The molecule has 1 aromatic heterocycles. The van der Waals surface area contributed by atoms with Crippen molar-refractivity contribution in [3.05, 3.63) is 18.5 Å². The highest BCUT2D eigenvalue weighted by atomic mass is 16.5. The number of ether oxygens (including phenoxy) is 1. The Balaban J connectivity index is 1.41. The van der Waals surface area contributed by atoms with E-state index < -0.39 is 0 Å². The van der Waals surface area contributed by atoms with E-state index in [0.717, 1.165) is 83.9 Å². The third-order valence-corrected chi connectivity index (χ3v) is 6.49. The fraction of sp³-hybridized carbons (Fsp3) is 0.783. The number of hydrogen-bond acceptors (Lipinski definition) is 6. The van der Waals surface area contributed by atoms with Gasteiger partial charge in [0, 0.05) is 78.0 Å². The van der Waals surface area contributed by atoms with Gasteiger partial charge in [-0.1, -0.05) is 12.8 Å². The Morgan fingerprint density at radius 1 is 1.10 bits per heavy atom. The van der Waals surface area contributed by atoms with Crippen molar-refractivity contribution in [3.8, 4) is 0 Å². The molecule has 1 aliphatic heterocycles. The summed E-state index contributed by atoms with van der Waals surface area (Å²) in [5.41, 5.74) is 0.327. The number of guanidine groups is 1. The first-order valence-electron chi connectivity index (χ1n) is 12.1. The maximum atomic E-state index is 5.65. The standard InChI is InChI=1S/C23H41N7O/c1-3-24-21(28-20-23(8-5-6-9-23)10-19-31-4-2)25-13-14-29-15-17-30(18-16-29)22-26-11-7-12-27-22/h7,11-12H,3-6,8-10,13-20H2,1-2H3,(H2,24,25,28). The first-order chi connectivity index (χ1) is 15.2. The van der Waals surface area contributed by atoms with E-state index >= 15 is 0 Å². The van der Waals surface area contributed by atoms with Crippen LogP contribution in [-0.2, 0) is 4.74 Å². The van der Waals surface area contributed by atoms with E-state index in [4.69, 9.17) is 9.73 Å². The summed E-state index contributed by atoms with van der Waals surface area (Å²) in [7, 11) is 0. The van der Waals surface area contributed by atoms with Gasteiger partial charge in [-0.25, -0.2) is 9.97 Å². The zero-order valence-corrected chi connectivity index (χ0v) is 19.5. The van der Waals surface area contributed by atoms with Crippen LogP contribution in [0.15, 0.2) is 23.5 Å². The molecule has 0 amide bonds. The van der Waals surface area contributed by atoms with Crippen molar-refractivity contribution in [2.45, 2.75) is 46.0 Å². The van der Waals surface area contributed by atoms with Crippen LogP contribution in [0, 0.1) is 5.41 Å². The Labute approximate surface area is 187 Å². The van der Waals surface area contributed by atoms with Gasteiger partial charge in [0.2, 0.25) is 5.95 Å². The molecule has 0 radical (unpaired) electrons. The topological polar surface area (TPSA) is 77.9 Å². The second kappa shape index (κ2) is 12.8. The van der Waals surface area contributed by atoms with Gasteiger partial charge in [-0.15, -0.1) is 0 Å². The maximum absolute atomic E-state index is 5.65. The van der Waals surface area contributed by atoms with Crippen molar-refractivity contribution in [1.29, 1.82) is 0 Å². The normalized spacial score (nSPS) is 19.5. The largest absolute Gasteiger partial charge is 0.382 e. The molecule has 1 aliphatic carbocycles. The highest BCUT2D eigenvalue weighted by molar-refractivity contribution is 5.79. The molecule has 1 saturated heterocycles. The van der Waals surface area contributed by atoms with Crippen LogP contribution in [0.2, 0.25) is 0 Å². The monoisotopic (exact) mass is 431 g/mol. The van der Waals surface area contributed by atoms with Crippen molar-refractivity contribution in [2.24, 2.45) is 10.4 Å². The Hall–Kier alpha value is -1.93. The van der Waals surface area contributed by atoms with E-state index in [1.165, 1.54) is 25.7 Å². The summed E-state index contributed by atoms with van der Waals surface area (Å²) in [6.07, 6.45) is 9.95. The SMILES string of the molecule is CCNC(=NCC1(CCOCC)CCCC1)NCCN1CCN(c2ncccn2)CC1. The van der Waals surface area contributed by atoms with Crippen LogP contribution in [0.5, 0.6) is 0 Å². The second-order valence-electron chi connectivity index (χ2n) is 8.65. The summed E-state index contributed by atoms with van der Waals surface area (Å²) in [6, 6.07) is 1.86. The molecule has 1 saturated carbocycles. The lowest BCUT2D eigenvalue weighted by atomic mass is 9.83. The predicted molar refractivity (Wildman–Crippen MR) is 127 cm³/mol. The summed E-state index contributed by atoms with van der Waals surface area (Å²) < 4.78 is 5.65. The van der Waals surface area contributed by atoms with Crippen molar-refractivity contribution in [2.75, 3.05) is 70.5 Å². The van der Waals surface area contributed by atoms with E-state index in [0.29, 0.717) is 5.41 Å². The van der Waals surface area contributed by atoms with Gasteiger partial charge in [-0.3, -0.25) is 9.89 Å². The van der Waals surface area contributed by atoms with Crippen LogP contribution in [0.4, 0.5) is 5.95 Å². The molecular weight excluding hydrogens is 390 g/mol. The highest BCUT2D eigenvalue weighted by Crippen LogP contribution is 2.41. The van der Waals surface area contributed by atoms with Crippen molar-refractivity contribution in [1.82, 2.24) is 25.5 Å². The number of nitrogens with zero attached hydrogens (tertiary/aromatic N) is 5. The number of hydrogen-bond donors (Lipinski definition) is 2.